The standard InChI is InChI=1S/C18H15IN2O3/c1-2-23-16-8-7-12(9-14(16)19)11-20-21-18(22)17-10-13-5-3-4-6-15(13)24-17/h3-11H,2H2,1H3,(H,21,22)/b20-11+. The minimum absolute atomic E-state index is 0.231. The van der Waals surface area contributed by atoms with E-state index in [4.69, 9.17) is 9.15 Å². The van der Waals surface area contributed by atoms with Crippen LogP contribution in [0.4, 0.5) is 0 Å². The largest absolute Gasteiger partial charge is 0.493 e. The first kappa shape index (κ1) is 16.5. The summed E-state index contributed by atoms with van der Waals surface area (Å²) < 4.78 is 12.0. The van der Waals surface area contributed by atoms with Gasteiger partial charge in [-0.15, -0.1) is 0 Å². The van der Waals surface area contributed by atoms with Gasteiger partial charge in [-0.3, -0.25) is 4.79 Å². The molecular formula is C18H15IN2O3. The average Bonchev–Trinajstić information content (AvgIpc) is 3.01. The van der Waals surface area contributed by atoms with Crippen LogP contribution in [-0.2, 0) is 0 Å². The monoisotopic (exact) mass is 434 g/mol. The Morgan fingerprint density at radius 1 is 1.29 bits per heavy atom. The normalized spacial score (nSPS) is 11.1. The van der Waals surface area contributed by atoms with Gasteiger partial charge >= 0.3 is 5.91 Å². The molecular weight excluding hydrogens is 419 g/mol. The summed E-state index contributed by atoms with van der Waals surface area (Å²) in [6.45, 7) is 2.57. The Labute approximate surface area is 152 Å². The highest BCUT2D eigenvalue weighted by molar-refractivity contribution is 14.1. The number of hydrazone groups is 1. The molecule has 1 aromatic heterocycles. The second-order valence-corrected chi connectivity index (χ2v) is 6.13. The van der Waals surface area contributed by atoms with Crippen molar-refractivity contribution in [3.05, 3.63) is 63.4 Å². The number of carbonyl (C=O) groups is 1. The lowest BCUT2D eigenvalue weighted by Crippen LogP contribution is -2.16. The topological polar surface area (TPSA) is 63.8 Å². The number of carbonyl (C=O) groups excluding carboxylic acids is 1. The SMILES string of the molecule is CCOc1ccc(/C=N/NC(=O)c2cc3ccccc3o2)cc1I. The van der Waals surface area contributed by atoms with Crippen molar-refractivity contribution in [2.24, 2.45) is 5.10 Å². The van der Waals surface area contributed by atoms with Gasteiger partial charge in [-0.25, -0.2) is 5.43 Å². The van der Waals surface area contributed by atoms with E-state index in [1.807, 2.05) is 49.4 Å². The van der Waals surface area contributed by atoms with E-state index in [1.54, 1.807) is 12.3 Å². The molecule has 0 aliphatic heterocycles. The number of para-hydroxylation sites is 1. The van der Waals surface area contributed by atoms with E-state index in [9.17, 15) is 4.79 Å². The molecule has 0 fully saturated rings. The molecule has 0 bridgehead atoms. The molecule has 1 amide bonds. The summed E-state index contributed by atoms with van der Waals surface area (Å²) in [5, 5.41) is 4.86. The molecule has 5 nitrogen and oxygen atoms in total. The maximum absolute atomic E-state index is 12.1. The van der Waals surface area contributed by atoms with E-state index in [0.717, 1.165) is 20.3 Å². The van der Waals surface area contributed by atoms with Crippen LogP contribution in [0.5, 0.6) is 5.75 Å². The van der Waals surface area contributed by atoms with E-state index in [0.29, 0.717) is 12.2 Å². The Balaban J connectivity index is 1.67. The van der Waals surface area contributed by atoms with Crippen molar-refractivity contribution in [2.45, 2.75) is 6.92 Å². The molecule has 122 valence electrons. The number of rotatable bonds is 5. The number of fused-ring (bicyclic) bond motifs is 1. The number of hydrogen-bond donors (Lipinski definition) is 1. The fourth-order valence-corrected chi connectivity index (χ4v) is 2.88. The van der Waals surface area contributed by atoms with E-state index in [-0.39, 0.29) is 11.7 Å². The van der Waals surface area contributed by atoms with Crippen molar-refractivity contribution in [1.29, 1.82) is 0 Å². The van der Waals surface area contributed by atoms with Gasteiger partial charge in [0, 0.05) is 5.39 Å². The predicted octanol–water partition coefficient (Wildman–Crippen LogP) is 4.20. The van der Waals surface area contributed by atoms with E-state index >= 15 is 0 Å². The van der Waals surface area contributed by atoms with Gasteiger partial charge in [0.1, 0.15) is 11.3 Å². The zero-order valence-corrected chi connectivity index (χ0v) is 15.1. The minimum Gasteiger partial charge on any atom is -0.493 e. The maximum Gasteiger partial charge on any atom is 0.307 e. The van der Waals surface area contributed by atoms with Gasteiger partial charge in [0.2, 0.25) is 0 Å². The smallest absolute Gasteiger partial charge is 0.307 e. The van der Waals surface area contributed by atoms with Crippen LogP contribution < -0.4 is 10.2 Å². The molecule has 0 saturated heterocycles. The Kier molecular flexibility index (Phi) is 5.14. The summed E-state index contributed by atoms with van der Waals surface area (Å²) in [6, 6.07) is 14.8. The van der Waals surface area contributed by atoms with E-state index < -0.39 is 0 Å². The first-order chi connectivity index (χ1) is 11.7. The maximum atomic E-state index is 12.1. The Morgan fingerprint density at radius 3 is 2.88 bits per heavy atom. The lowest BCUT2D eigenvalue weighted by molar-refractivity contribution is 0.0929. The first-order valence-electron chi connectivity index (χ1n) is 7.41. The van der Waals surface area contributed by atoms with Crippen molar-refractivity contribution < 1.29 is 13.9 Å². The molecule has 0 aliphatic rings. The van der Waals surface area contributed by atoms with Crippen molar-refractivity contribution in [1.82, 2.24) is 5.43 Å². The summed E-state index contributed by atoms with van der Waals surface area (Å²) >= 11 is 2.20. The van der Waals surface area contributed by atoms with Gasteiger partial charge in [0.05, 0.1) is 16.4 Å². The lowest BCUT2D eigenvalue weighted by Gasteiger charge is -2.05. The summed E-state index contributed by atoms with van der Waals surface area (Å²) in [7, 11) is 0. The van der Waals surface area contributed by atoms with Crippen molar-refractivity contribution >= 4 is 45.7 Å². The van der Waals surface area contributed by atoms with E-state index in [1.165, 1.54) is 0 Å². The van der Waals surface area contributed by atoms with Gasteiger partial charge < -0.3 is 9.15 Å². The molecule has 3 aromatic rings. The highest BCUT2D eigenvalue weighted by Crippen LogP contribution is 2.21. The molecule has 1 heterocycles. The number of benzene rings is 2. The molecule has 0 unspecified atom stereocenters. The number of nitrogens with one attached hydrogen (secondary N) is 1. The molecule has 0 saturated carbocycles. The Bertz CT molecular complexity index is 869. The molecule has 0 atom stereocenters. The number of ether oxygens (including phenoxy) is 1. The Morgan fingerprint density at radius 2 is 2.12 bits per heavy atom. The van der Waals surface area contributed by atoms with Crippen molar-refractivity contribution in [3.63, 3.8) is 0 Å². The second-order valence-electron chi connectivity index (χ2n) is 4.97. The van der Waals surface area contributed by atoms with Crippen LogP contribution in [0.25, 0.3) is 11.0 Å². The molecule has 2 aromatic carbocycles. The van der Waals surface area contributed by atoms with Crippen molar-refractivity contribution in [2.75, 3.05) is 6.61 Å². The summed E-state index contributed by atoms with van der Waals surface area (Å²) in [6.07, 6.45) is 1.58. The number of halogens is 1. The number of hydrogen-bond acceptors (Lipinski definition) is 4. The van der Waals surface area contributed by atoms with E-state index in [2.05, 4.69) is 33.1 Å². The minimum atomic E-state index is -0.386. The number of furan rings is 1. The zero-order valence-electron chi connectivity index (χ0n) is 13.0. The van der Waals surface area contributed by atoms with Gasteiger partial charge in [-0.05, 0) is 65.4 Å². The fraction of sp³-hybridized carbons (Fsp3) is 0.111. The van der Waals surface area contributed by atoms with Gasteiger partial charge in [0.25, 0.3) is 0 Å². The summed E-state index contributed by atoms with van der Waals surface area (Å²) in [5.74, 6) is 0.680. The first-order valence-corrected chi connectivity index (χ1v) is 8.49. The van der Waals surface area contributed by atoms with Gasteiger partial charge in [-0.2, -0.15) is 5.10 Å². The molecule has 3 rings (SSSR count). The highest BCUT2D eigenvalue weighted by atomic mass is 127. The van der Waals surface area contributed by atoms with Gasteiger partial charge in [0.15, 0.2) is 5.76 Å². The molecule has 24 heavy (non-hydrogen) atoms. The van der Waals surface area contributed by atoms with Crippen molar-refractivity contribution in [3.8, 4) is 5.75 Å². The van der Waals surface area contributed by atoms with Crippen LogP contribution in [0.2, 0.25) is 0 Å². The molecule has 6 heteroatoms. The number of amides is 1. The van der Waals surface area contributed by atoms with Crippen LogP contribution >= 0.6 is 22.6 Å². The van der Waals surface area contributed by atoms with Crippen LogP contribution in [0, 0.1) is 3.57 Å². The van der Waals surface area contributed by atoms with Crippen LogP contribution in [0.1, 0.15) is 23.0 Å². The predicted molar refractivity (Wildman–Crippen MR) is 102 cm³/mol. The molecule has 0 spiro atoms. The van der Waals surface area contributed by atoms with Crippen LogP contribution in [0.15, 0.2) is 58.0 Å². The third-order valence-corrected chi connectivity index (χ3v) is 4.13. The fourth-order valence-electron chi connectivity index (χ4n) is 2.18. The lowest BCUT2D eigenvalue weighted by atomic mass is 10.2. The quantitative estimate of drug-likeness (QED) is 0.372. The van der Waals surface area contributed by atoms with Crippen LogP contribution in [-0.4, -0.2) is 18.7 Å². The summed E-state index contributed by atoms with van der Waals surface area (Å²) in [4.78, 5) is 12.1. The third-order valence-electron chi connectivity index (χ3n) is 3.28. The molecule has 1 N–H and O–H groups in total. The average molecular weight is 434 g/mol. The Hall–Kier alpha value is -2.35. The molecule has 0 aliphatic carbocycles. The van der Waals surface area contributed by atoms with Crippen LogP contribution in [0.3, 0.4) is 0 Å². The highest BCUT2D eigenvalue weighted by Gasteiger charge is 2.10. The number of nitrogens with zero attached hydrogens (tertiary/aromatic N) is 1. The summed E-state index contributed by atoms with van der Waals surface area (Å²) in [5.41, 5.74) is 4.01. The third kappa shape index (κ3) is 3.76. The molecule has 0 radical (unpaired) electrons. The second kappa shape index (κ2) is 7.48. The zero-order chi connectivity index (χ0) is 16.9. The van der Waals surface area contributed by atoms with Gasteiger partial charge in [-0.1, -0.05) is 18.2 Å².